The molecule has 6 nitrogen and oxygen atoms in total. The molecular weight excluding hydrogens is 486 g/mol. The van der Waals surface area contributed by atoms with Gasteiger partial charge in [0.2, 0.25) is 0 Å². The second-order valence-corrected chi connectivity index (χ2v) is 11.1. The quantitative estimate of drug-likeness (QED) is 0.402. The highest BCUT2D eigenvalue weighted by atomic mass is 32.1. The molecule has 0 bridgehead atoms. The van der Waals surface area contributed by atoms with Crippen molar-refractivity contribution in [2.45, 2.75) is 65.9 Å². The Morgan fingerprint density at radius 2 is 1.95 bits per heavy atom. The van der Waals surface area contributed by atoms with E-state index in [4.69, 9.17) is 18.9 Å². The molecule has 1 aliphatic heterocycles. The topological polar surface area (TPSA) is 69.8 Å². The van der Waals surface area contributed by atoms with E-state index in [9.17, 15) is 4.79 Å². The van der Waals surface area contributed by atoms with Crippen LogP contribution in [-0.2, 0) is 6.42 Å². The first-order valence-corrected chi connectivity index (χ1v) is 13.6. The second kappa shape index (κ2) is 11.1. The third-order valence-corrected chi connectivity index (χ3v) is 7.91. The summed E-state index contributed by atoms with van der Waals surface area (Å²) in [5, 5.41) is 0. The van der Waals surface area contributed by atoms with Gasteiger partial charge in [-0.15, -0.1) is 11.3 Å². The first-order valence-electron chi connectivity index (χ1n) is 12.8. The molecule has 1 N–H and O–H groups in total. The van der Waals surface area contributed by atoms with Crippen molar-refractivity contribution in [3.63, 3.8) is 0 Å². The van der Waals surface area contributed by atoms with Gasteiger partial charge < -0.3 is 23.9 Å². The predicted molar refractivity (Wildman–Crippen MR) is 150 cm³/mol. The van der Waals surface area contributed by atoms with E-state index in [-0.39, 0.29) is 5.56 Å². The van der Waals surface area contributed by atoms with Crippen LogP contribution in [0, 0.1) is 20.8 Å². The Labute approximate surface area is 222 Å². The van der Waals surface area contributed by atoms with E-state index in [1.165, 1.54) is 22.5 Å². The number of H-pyrrole nitrogens is 1. The molecule has 0 saturated heterocycles. The lowest BCUT2D eigenvalue weighted by molar-refractivity contribution is 0.0158. The molecule has 0 aliphatic carbocycles. The molecule has 37 heavy (non-hydrogen) atoms. The SMILES string of the molecule is C=c1[nH]c(=O)/c(=C\c2ccc(OC[C@]3(C)CCc4c(C)c(OCCCC)c(C)c(C)c4O3)c(OC)c2)s1. The number of benzene rings is 2. The largest absolute Gasteiger partial charge is 0.493 e. The van der Waals surface area contributed by atoms with Crippen LogP contribution >= 0.6 is 11.3 Å². The number of nitrogens with one attached hydrogen (secondary N) is 1. The van der Waals surface area contributed by atoms with Crippen molar-refractivity contribution in [2.24, 2.45) is 0 Å². The molecule has 0 saturated carbocycles. The number of thiazole rings is 1. The Hall–Kier alpha value is -3.19. The molecule has 198 valence electrons. The van der Waals surface area contributed by atoms with Gasteiger partial charge in [-0.2, -0.15) is 0 Å². The van der Waals surface area contributed by atoms with E-state index in [0.29, 0.717) is 27.3 Å². The van der Waals surface area contributed by atoms with Gasteiger partial charge in [0, 0.05) is 5.56 Å². The lowest BCUT2D eigenvalue weighted by atomic mass is 9.87. The summed E-state index contributed by atoms with van der Waals surface area (Å²) < 4.78 is 25.9. The smallest absolute Gasteiger partial charge is 0.266 e. The fraction of sp³-hybridized carbons (Fsp3) is 0.433. The number of hydrogen-bond donors (Lipinski definition) is 1. The number of methoxy groups -OCH3 is 1. The molecular formula is C30H37NO5S. The Morgan fingerprint density at radius 3 is 2.62 bits per heavy atom. The molecule has 1 atom stereocenters. The fourth-order valence-corrected chi connectivity index (χ4v) is 5.43. The maximum absolute atomic E-state index is 12.0. The zero-order valence-corrected chi connectivity index (χ0v) is 23.5. The molecule has 0 unspecified atom stereocenters. The lowest BCUT2D eigenvalue weighted by Crippen LogP contribution is -2.42. The molecule has 2 heterocycles. The number of hydrogen-bond acceptors (Lipinski definition) is 6. The Morgan fingerprint density at radius 1 is 1.16 bits per heavy atom. The summed E-state index contributed by atoms with van der Waals surface area (Å²) in [6.07, 6.45) is 5.72. The van der Waals surface area contributed by atoms with Crippen molar-refractivity contribution < 1.29 is 18.9 Å². The fourth-order valence-electron chi connectivity index (χ4n) is 4.68. The lowest BCUT2D eigenvalue weighted by Gasteiger charge is -2.38. The van der Waals surface area contributed by atoms with E-state index in [0.717, 1.165) is 60.5 Å². The van der Waals surface area contributed by atoms with Crippen LogP contribution in [-0.4, -0.2) is 30.9 Å². The minimum Gasteiger partial charge on any atom is -0.493 e. The normalized spacial score (nSPS) is 17.3. The van der Waals surface area contributed by atoms with Gasteiger partial charge in [0.1, 0.15) is 23.7 Å². The van der Waals surface area contributed by atoms with Crippen LogP contribution in [0.2, 0.25) is 0 Å². The average Bonchev–Trinajstić information content (AvgIpc) is 3.19. The molecule has 7 heteroatoms. The number of rotatable bonds is 9. The predicted octanol–water partition coefficient (Wildman–Crippen LogP) is 4.95. The summed E-state index contributed by atoms with van der Waals surface area (Å²) in [7, 11) is 1.61. The first kappa shape index (κ1) is 26.9. The summed E-state index contributed by atoms with van der Waals surface area (Å²) in [4.78, 5) is 14.7. The van der Waals surface area contributed by atoms with Crippen LogP contribution < -0.4 is 33.7 Å². The van der Waals surface area contributed by atoms with Gasteiger partial charge in [-0.05, 0) is 87.4 Å². The van der Waals surface area contributed by atoms with Crippen LogP contribution in [0.5, 0.6) is 23.0 Å². The molecule has 4 rings (SSSR count). The van der Waals surface area contributed by atoms with Gasteiger partial charge in [0.15, 0.2) is 11.5 Å². The van der Waals surface area contributed by atoms with Gasteiger partial charge in [-0.25, -0.2) is 0 Å². The highest BCUT2D eigenvalue weighted by Crippen LogP contribution is 2.44. The highest BCUT2D eigenvalue weighted by Gasteiger charge is 2.36. The van der Waals surface area contributed by atoms with Crippen LogP contribution in [0.25, 0.3) is 12.7 Å². The summed E-state index contributed by atoms with van der Waals surface area (Å²) in [6, 6.07) is 5.65. The van der Waals surface area contributed by atoms with Crippen molar-refractivity contribution in [1.82, 2.24) is 4.98 Å². The van der Waals surface area contributed by atoms with E-state index in [1.54, 1.807) is 7.11 Å². The van der Waals surface area contributed by atoms with Gasteiger partial charge in [0.05, 0.1) is 22.9 Å². The molecule has 0 fully saturated rings. The first-order chi connectivity index (χ1) is 17.7. The third kappa shape index (κ3) is 5.72. The van der Waals surface area contributed by atoms with Crippen molar-refractivity contribution in [1.29, 1.82) is 0 Å². The Kier molecular flexibility index (Phi) is 8.02. The number of aromatic amines is 1. The standard InChI is InChI=1S/C30H37NO5S/c1-8-9-14-34-27-18(2)19(3)28-23(20(27)4)12-13-30(6,36-28)17-35-24-11-10-22(15-25(24)33-7)16-26-29(32)31-21(5)37-26/h10-11,15-16H,5,8-9,12-14,17H2,1-4,6-7H3,(H,31,32)/b26-16+/t30-/m0/s1. The maximum atomic E-state index is 12.0. The number of aromatic nitrogens is 1. The van der Waals surface area contributed by atoms with E-state index in [1.807, 2.05) is 24.3 Å². The van der Waals surface area contributed by atoms with E-state index in [2.05, 4.69) is 46.2 Å². The zero-order chi connectivity index (χ0) is 26.7. The van der Waals surface area contributed by atoms with Crippen molar-refractivity contribution in [3.8, 4) is 23.0 Å². The number of unbranched alkanes of at least 4 members (excludes halogenated alkanes) is 1. The second-order valence-electron chi connectivity index (χ2n) is 9.95. The minimum atomic E-state index is -0.480. The molecule has 0 radical (unpaired) electrons. The molecule has 1 aromatic heterocycles. The van der Waals surface area contributed by atoms with Crippen LogP contribution in [0.1, 0.15) is 60.9 Å². The third-order valence-electron chi connectivity index (χ3n) is 7.04. The monoisotopic (exact) mass is 523 g/mol. The van der Waals surface area contributed by atoms with Crippen molar-refractivity contribution >= 4 is 24.0 Å². The molecule has 0 spiro atoms. The van der Waals surface area contributed by atoms with Crippen LogP contribution in [0.4, 0.5) is 0 Å². The van der Waals surface area contributed by atoms with Gasteiger partial charge >= 0.3 is 0 Å². The molecule has 2 aromatic carbocycles. The van der Waals surface area contributed by atoms with E-state index >= 15 is 0 Å². The van der Waals surface area contributed by atoms with Crippen molar-refractivity contribution in [3.05, 3.63) is 65.6 Å². The van der Waals surface area contributed by atoms with Gasteiger partial charge in [-0.1, -0.05) is 26.0 Å². The molecule has 0 amide bonds. The summed E-state index contributed by atoms with van der Waals surface area (Å²) in [5.74, 6) is 3.20. The molecule has 1 aliphatic rings. The number of ether oxygens (including phenoxy) is 4. The maximum Gasteiger partial charge on any atom is 0.266 e. The summed E-state index contributed by atoms with van der Waals surface area (Å²) in [6.45, 7) is 15.5. The summed E-state index contributed by atoms with van der Waals surface area (Å²) >= 11 is 1.33. The van der Waals surface area contributed by atoms with Gasteiger partial charge in [0.25, 0.3) is 5.56 Å². The van der Waals surface area contributed by atoms with Gasteiger partial charge in [-0.3, -0.25) is 4.79 Å². The Balaban J connectivity index is 1.53. The molecule has 3 aromatic rings. The van der Waals surface area contributed by atoms with Crippen molar-refractivity contribution in [2.75, 3.05) is 20.3 Å². The van der Waals surface area contributed by atoms with Crippen LogP contribution in [0.3, 0.4) is 0 Å². The van der Waals surface area contributed by atoms with E-state index < -0.39 is 5.60 Å². The zero-order valence-electron chi connectivity index (χ0n) is 22.7. The Bertz CT molecular complexity index is 1450. The van der Waals surface area contributed by atoms with Crippen LogP contribution in [0.15, 0.2) is 23.0 Å². The minimum absolute atomic E-state index is 0.141. The highest BCUT2D eigenvalue weighted by molar-refractivity contribution is 7.07. The summed E-state index contributed by atoms with van der Waals surface area (Å²) in [5.41, 5.74) is 4.92. The number of fused-ring (bicyclic) bond motifs is 1. The average molecular weight is 524 g/mol.